The van der Waals surface area contributed by atoms with Gasteiger partial charge in [-0.05, 0) is 60.7 Å². The zero-order valence-electron chi connectivity index (χ0n) is 11.0. The van der Waals surface area contributed by atoms with Crippen LogP contribution >= 0.6 is 15.9 Å². The van der Waals surface area contributed by atoms with E-state index in [1.165, 1.54) is 26.7 Å². The minimum atomic E-state index is 0.903. The number of methoxy groups -OCH3 is 1. The molecule has 0 saturated carbocycles. The smallest absolute Gasteiger partial charge is 0.118 e. The number of aryl methyl sites for hydroxylation is 2. The molecule has 0 aromatic heterocycles. The summed E-state index contributed by atoms with van der Waals surface area (Å²) >= 11 is 3.60. The van der Waals surface area contributed by atoms with E-state index in [9.17, 15) is 0 Å². The fourth-order valence-corrected chi connectivity index (χ4v) is 2.41. The van der Waals surface area contributed by atoms with Crippen molar-refractivity contribution in [1.82, 2.24) is 0 Å². The molecule has 0 bridgehead atoms. The Kier molecular flexibility index (Phi) is 4.07. The summed E-state index contributed by atoms with van der Waals surface area (Å²) in [5, 5.41) is 0. The summed E-state index contributed by atoms with van der Waals surface area (Å²) in [5.74, 6) is 0.903. The van der Waals surface area contributed by atoms with Gasteiger partial charge in [-0.2, -0.15) is 0 Å². The van der Waals surface area contributed by atoms with Gasteiger partial charge in [-0.1, -0.05) is 34.1 Å². The average Bonchev–Trinajstić information content (AvgIpc) is 2.37. The van der Waals surface area contributed by atoms with Gasteiger partial charge in [0, 0.05) is 4.47 Å². The molecule has 0 aliphatic rings. The van der Waals surface area contributed by atoms with Crippen LogP contribution < -0.4 is 4.74 Å². The fraction of sp³-hybridized carbons (Fsp3) is 0.250. The number of hydrogen-bond acceptors (Lipinski definition) is 1. The fourth-order valence-electron chi connectivity index (χ4n) is 2.02. The van der Waals surface area contributed by atoms with Gasteiger partial charge >= 0.3 is 0 Å². The van der Waals surface area contributed by atoms with Gasteiger partial charge in [-0.3, -0.25) is 0 Å². The second-order valence-electron chi connectivity index (χ2n) is 4.55. The first kappa shape index (κ1) is 13.2. The van der Waals surface area contributed by atoms with Crippen LogP contribution in [0.2, 0.25) is 0 Å². The monoisotopic (exact) mass is 304 g/mol. The molecule has 0 aliphatic heterocycles. The van der Waals surface area contributed by atoms with E-state index in [0.717, 1.165) is 12.2 Å². The van der Waals surface area contributed by atoms with Crippen LogP contribution in [0.4, 0.5) is 0 Å². The highest BCUT2D eigenvalue weighted by molar-refractivity contribution is 9.10. The molecule has 94 valence electrons. The van der Waals surface area contributed by atoms with Gasteiger partial charge in [0.05, 0.1) is 7.11 Å². The Hall–Kier alpha value is -1.28. The van der Waals surface area contributed by atoms with Crippen molar-refractivity contribution < 1.29 is 4.74 Å². The number of ether oxygens (including phenoxy) is 1. The molecular weight excluding hydrogens is 288 g/mol. The Labute approximate surface area is 117 Å². The molecule has 18 heavy (non-hydrogen) atoms. The standard InChI is InChI=1S/C16H17BrO/c1-11-8-12(2)16(17)10-14(11)9-13-4-6-15(18-3)7-5-13/h4-8,10H,9H2,1-3H3. The summed E-state index contributed by atoms with van der Waals surface area (Å²) in [5.41, 5.74) is 5.28. The molecule has 0 aliphatic carbocycles. The maximum absolute atomic E-state index is 5.17. The molecule has 0 fully saturated rings. The van der Waals surface area contributed by atoms with Crippen molar-refractivity contribution in [3.05, 3.63) is 63.1 Å². The summed E-state index contributed by atoms with van der Waals surface area (Å²) in [6.07, 6.45) is 0.953. The van der Waals surface area contributed by atoms with E-state index in [2.05, 4.69) is 54.0 Å². The van der Waals surface area contributed by atoms with Crippen molar-refractivity contribution in [1.29, 1.82) is 0 Å². The highest BCUT2D eigenvalue weighted by atomic mass is 79.9. The molecule has 0 saturated heterocycles. The van der Waals surface area contributed by atoms with E-state index < -0.39 is 0 Å². The van der Waals surface area contributed by atoms with Crippen LogP contribution in [0.5, 0.6) is 5.75 Å². The van der Waals surface area contributed by atoms with Gasteiger partial charge in [0.1, 0.15) is 5.75 Å². The van der Waals surface area contributed by atoms with Gasteiger partial charge in [-0.15, -0.1) is 0 Å². The lowest BCUT2D eigenvalue weighted by Crippen LogP contribution is -1.94. The zero-order chi connectivity index (χ0) is 13.1. The van der Waals surface area contributed by atoms with Crippen molar-refractivity contribution in [3.63, 3.8) is 0 Å². The SMILES string of the molecule is COc1ccc(Cc2cc(Br)c(C)cc2C)cc1. The molecule has 2 aromatic carbocycles. The third kappa shape index (κ3) is 2.94. The number of rotatable bonds is 3. The zero-order valence-corrected chi connectivity index (χ0v) is 12.5. The van der Waals surface area contributed by atoms with E-state index >= 15 is 0 Å². The van der Waals surface area contributed by atoms with Crippen molar-refractivity contribution in [2.24, 2.45) is 0 Å². The van der Waals surface area contributed by atoms with Crippen LogP contribution in [0.25, 0.3) is 0 Å². The summed E-state index contributed by atoms with van der Waals surface area (Å²) in [6, 6.07) is 12.7. The number of halogens is 1. The van der Waals surface area contributed by atoms with Gasteiger partial charge in [0.25, 0.3) is 0 Å². The second kappa shape index (κ2) is 5.57. The van der Waals surface area contributed by atoms with Crippen molar-refractivity contribution in [3.8, 4) is 5.75 Å². The van der Waals surface area contributed by atoms with Gasteiger partial charge in [0.2, 0.25) is 0 Å². The maximum Gasteiger partial charge on any atom is 0.118 e. The second-order valence-corrected chi connectivity index (χ2v) is 5.41. The third-order valence-corrected chi connectivity index (χ3v) is 4.03. The highest BCUT2D eigenvalue weighted by Gasteiger charge is 2.04. The van der Waals surface area contributed by atoms with E-state index in [4.69, 9.17) is 4.74 Å². The van der Waals surface area contributed by atoms with Crippen molar-refractivity contribution in [2.45, 2.75) is 20.3 Å². The summed E-state index contributed by atoms with van der Waals surface area (Å²) < 4.78 is 6.35. The molecule has 2 rings (SSSR count). The van der Waals surface area contributed by atoms with Crippen molar-refractivity contribution in [2.75, 3.05) is 7.11 Å². The Bertz CT molecular complexity index is 544. The quantitative estimate of drug-likeness (QED) is 0.801. The van der Waals surface area contributed by atoms with Crippen LogP contribution in [-0.2, 0) is 6.42 Å². The molecular formula is C16H17BrO. The molecule has 0 spiro atoms. The average molecular weight is 305 g/mol. The van der Waals surface area contributed by atoms with Crippen LogP contribution in [-0.4, -0.2) is 7.11 Å². The molecule has 0 N–H and O–H groups in total. The Morgan fingerprint density at radius 1 is 1.00 bits per heavy atom. The van der Waals surface area contributed by atoms with Crippen LogP contribution in [0, 0.1) is 13.8 Å². The van der Waals surface area contributed by atoms with Crippen LogP contribution in [0.15, 0.2) is 40.9 Å². The predicted octanol–water partition coefficient (Wildman–Crippen LogP) is 4.67. The molecule has 0 radical (unpaired) electrons. The van der Waals surface area contributed by atoms with E-state index in [-0.39, 0.29) is 0 Å². The van der Waals surface area contributed by atoms with Crippen LogP contribution in [0.1, 0.15) is 22.3 Å². The predicted molar refractivity (Wildman–Crippen MR) is 79.4 cm³/mol. The first-order valence-electron chi connectivity index (χ1n) is 5.98. The normalized spacial score (nSPS) is 10.4. The minimum absolute atomic E-state index is 0.903. The molecule has 0 atom stereocenters. The Morgan fingerprint density at radius 2 is 1.67 bits per heavy atom. The molecule has 1 nitrogen and oxygen atoms in total. The molecule has 0 amide bonds. The largest absolute Gasteiger partial charge is 0.497 e. The van der Waals surface area contributed by atoms with E-state index in [1.807, 2.05) is 12.1 Å². The first-order chi connectivity index (χ1) is 8.60. The summed E-state index contributed by atoms with van der Waals surface area (Å²) in [7, 11) is 1.69. The molecule has 0 unspecified atom stereocenters. The number of benzene rings is 2. The lowest BCUT2D eigenvalue weighted by molar-refractivity contribution is 0.414. The summed E-state index contributed by atoms with van der Waals surface area (Å²) in [6.45, 7) is 4.28. The van der Waals surface area contributed by atoms with Gasteiger partial charge in [0.15, 0.2) is 0 Å². The molecule has 2 heteroatoms. The lowest BCUT2D eigenvalue weighted by Gasteiger charge is -2.09. The third-order valence-electron chi connectivity index (χ3n) is 3.17. The molecule has 2 aromatic rings. The van der Waals surface area contributed by atoms with Crippen LogP contribution in [0.3, 0.4) is 0 Å². The van der Waals surface area contributed by atoms with Crippen molar-refractivity contribution >= 4 is 15.9 Å². The van der Waals surface area contributed by atoms with Gasteiger partial charge in [-0.25, -0.2) is 0 Å². The van der Waals surface area contributed by atoms with E-state index in [1.54, 1.807) is 7.11 Å². The topological polar surface area (TPSA) is 9.23 Å². The van der Waals surface area contributed by atoms with Gasteiger partial charge < -0.3 is 4.74 Å². The highest BCUT2D eigenvalue weighted by Crippen LogP contribution is 2.23. The minimum Gasteiger partial charge on any atom is -0.497 e. The maximum atomic E-state index is 5.17. The Balaban J connectivity index is 2.25. The lowest BCUT2D eigenvalue weighted by atomic mass is 9.99. The Morgan fingerprint density at radius 3 is 2.28 bits per heavy atom. The van der Waals surface area contributed by atoms with E-state index in [0.29, 0.717) is 0 Å². The molecule has 0 heterocycles. The number of hydrogen-bond donors (Lipinski definition) is 0. The summed E-state index contributed by atoms with van der Waals surface area (Å²) in [4.78, 5) is 0. The first-order valence-corrected chi connectivity index (χ1v) is 6.78.